The molecule has 118 valence electrons. The maximum Gasteiger partial charge on any atom is 0.259 e. The van der Waals surface area contributed by atoms with Crippen molar-refractivity contribution in [1.82, 2.24) is 20.3 Å². The average molecular weight is 329 g/mol. The summed E-state index contributed by atoms with van der Waals surface area (Å²) >= 11 is 1.57. The number of thioether (sulfide) groups is 1. The molecule has 2 heterocycles. The van der Waals surface area contributed by atoms with E-state index in [1.54, 1.807) is 17.8 Å². The van der Waals surface area contributed by atoms with Gasteiger partial charge in [0.15, 0.2) is 0 Å². The summed E-state index contributed by atoms with van der Waals surface area (Å²) in [5.74, 6) is 1.58. The first kappa shape index (κ1) is 15.3. The highest BCUT2D eigenvalue weighted by Crippen LogP contribution is 2.29. The molecule has 0 unspecified atom stereocenters. The number of aromatic nitrogens is 4. The van der Waals surface area contributed by atoms with Crippen molar-refractivity contribution < 1.29 is 9.32 Å². The molecule has 23 heavy (non-hydrogen) atoms. The normalized spacial score (nSPS) is 10.7. The monoisotopic (exact) mass is 329 g/mol. The number of anilines is 1. The van der Waals surface area contributed by atoms with E-state index in [-0.39, 0.29) is 5.91 Å². The van der Waals surface area contributed by atoms with Gasteiger partial charge in [-0.25, -0.2) is 5.10 Å². The van der Waals surface area contributed by atoms with Crippen LogP contribution in [0.25, 0.3) is 0 Å². The molecule has 1 amide bonds. The van der Waals surface area contributed by atoms with Gasteiger partial charge < -0.3 is 4.52 Å². The van der Waals surface area contributed by atoms with Crippen molar-refractivity contribution in [3.63, 3.8) is 0 Å². The Morgan fingerprint density at radius 2 is 2.17 bits per heavy atom. The van der Waals surface area contributed by atoms with E-state index in [4.69, 9.17) is 4.52 Å². The van der Waals surface area contributed by atoms with Crippen LogP contribution in [0.15, 0.2) is 40.0 Å². The van der Waals surface area contributed by atoms with Gasteiger partial charge in [-0.15, -0.1) is 11.8 Å². The minimum atomic E-state index is -0.233. The topological polar surface area (TPSA) is 96.7 Å². The number of hydrogen-bond acceptors (Lipinski definition) is 6. The molecule has 0 bridgehead atoms. The number of rotatable bonds is 5. The Bertz CT molecular complexity index is 794. The van der Waals surface area contributed by atoms with E-state index >= 15 is 0 Å². The zero-order valence-electron chi connectivity index (χ0n) is 12.7. The summed E-state index contributed by atoms with van der Waals surface area (Å²) < 4.78 is 5.17. The summed E-state index contributed by atoms with van der Waals surface area (Å²) in [6, 6.07) is 7.43. The summed E-state index contributed by atoms with van der Waals surface area (Å²) in [6.07, 6.45) is 1.34. The maximum atomic E-state index is 12.4. The number of H-pyrrole nitrogens is 1. The molecule has 0 atom stereocenters. The molecule has 1 aromatic carbocycles. The Morgan fingerprint density at radius 3 is 2.87 bits per heavy atom. The first-order valence-electron chi connectivity index (χ1n) is 6.95. The molecule has 0 spiro atoms. The largest absolute Gasteiger partial charge is 0.361 e. The quantitative estimate of drug-likeness (QED) is 0.699. The SMILES string of the molecule is Cc1noc(C)c1CSc1ccccc1C(=O)Nc1ncn[nH]1. The Hall–Kier alpha value is -2.61. The molecule has 0 aliphatic carbocycles. The molecule has 0 radical (unpaired) electrons. The molecule has 8 heteroatoms. The molecule has 2 N–H and O–H groups in total. The predicted molar refractivity (Wildman–Crippen MR) is 86.3 cm³/mol. The maximum absolute atomic E-state index is 12.4. The molecule has 0 saturated heterocycles. The van der Waals surface area contributed by atoms with E-state index in [9.17, 15) is 4.79 Å². The van der Waals surface area contributed by atoms with Gasteiger partial charge >= 0.3 is 0 Å². The van der Waals surface area contributed by atoms with Crippen LogP contribution in [0.4, 0.5) is 5.95 Å². The van der Waals surface area contributed by atoms with E-state index in [1.165, 1.54) is 6.33 Å². The fourth-order valence-electron chi connectivity index (χ4n) is 2.08. The molecular formula is C15H15N5O2S. The van der Waals surface area contributed by atoms with Crippen LogP contribution in [-0.2, 0) is 5.75 Å². The lowest BCUT2D eigenvalue weighted by Crippen LogP contribution is -2.14. The van der Waals surface area contributed by atoms with E-state index in [1.807, 2.05) is 32.0 Å². The van der Waals surface area contributed by atoms with Gasteiger partial charge in [-0.1, -0.05) is 17.3 Å². The number of aromatic amines is 1. The third kappa shape index (κ3) is 3.42. The van der Waals surface area contributed by atoms with E-state index in [0.29, 0.717) is 17.3 Å². The number of nitrogens with zero attached hydrogens (tertiary/aromatic N) is 3. The molecule has 0 fully saturated rings. The zero-order valence-corrected chi connectivity index (χ0v) is 13.5. The van der Waals surface area contributed by atoms with Gasteiger partial charge in [-0.2, -0.15) is 10.1 Å². The fourth-order valence-corrected chi connectivity index (χ4v) is 3.28. The van der Waals surface area contributed by atoms with Crippen LogP contribution >= 0.6 is 11.8 Å². The third-order valence-corrected chi connectivity index (χ3v) is 4.43. The lowest BCUT2D eigenvalue weighted by atomic mass is 10.2. The van der Waals surface area contributed by atoms with E-state index in [0.717, 1.165) is 21.9 Å². The zero-order chi connectivity index (χ0) is 16.2. The van der Waals surface area contributed by atoms with Crippen LogP contribution < -0.4 is 5.32 Å². The molecule has 0 aliphatic rings. The lowest BCUT2D eigenvalue weighted by molar-refractivity contribution is 0.102. The van der Waals surface area contributed by atoms with Crippen LogP contribution in [0.2, 0.25) is 0 Å². The number of amides is 1. The molecule has 0 saturated carbocycles. The van der Waals surface area contributed by atoms with E-state index in [2.05, 4.69) is 25.7 Å². The van der Waals surface area contributed by atoms with Gasteiger partial charge in [0.2, 0.25) is 5.95 Å². The van der Waals surface area contributed by atoms with Crippen LogP contribution in [0.3, 0.4) is 0 Å². The van der Waals surface area contributed by atoms with Crippen molar-refractivity contribution >= 4 is 23.6 Å². The highest BCUT2D eigenvalue weighted by atomic mass is 32.2. The second-order valence-corrected chi connectivity index (χ2v) is 5.89. The Morgan fingerprint density at radius 1 is 1.35 bits per heavy atom. The molecule has 0 aliphatic heterocycles. The fraction of sp³-hybridized carbons (Fsp3) is 0.200. The third-order valence-electron chi connectivity index (χ3n) is 3.33. The second kappa shape index (κ2) is 6.66. The summed E-state index contributed by atoms with van der Waals surface area (Å²) in [5.41, 5.74) is 2.51. The van der Waals surface area contributed by atoms with Crippen LogP contribution in [-0.4, -0.2) is 26.2 Å². The molecule has 3 rings (SSSR count). The average Bonchev–Trinajstić information content (AvgIpc) is 3.16. The molecular weight excluding hydrogens is 314 g/mol. The summed E-state index contributed by atoms with van der Waals surface area (Å²) in [7, 11) is 0. The van der Waals surface area contributed by atoms with Crippen LogP contribution in [0.1, 0.15) is 27.4 Å². The summed E-state index contributed by atoms with van der Waals surface area (Å²) in [4.78, 5) is 17.2. The Kier molecular flexibility index (Phi) is 4.42. The predicted octanol–water partition coefficient (Wildman–Crippen LogP) is 2.95. The minimum Gasteiger partial charge on any atom is -0.361 e. The van der Waals surface area contributed by atoms with Crippen molar-refractivity contribution in [2.45, 2.75) is 24.5 Å². The Balaban J connectivity index is 1.76. The van der Waals surface area contributed by atoms with Crippen molar-refractivity contribution in [2.75, 3.05) is 5.32 Å². The highest BCUT2D eigenvalue weighted by molar-refractivity contribution is 7.98. The Labute approximate surface area is 136 Å². The molecule has 7 nitrogen and oxygen atoms in total. The second-order valence-electron chi connectivity index (χ2n) is 4.88. The van der Waals surface area contributed by atoms with Gasteiger partial charge in [0, 0.05) is 16.2 Å². The smallest absolute Gasteiger partial charge is 0.259 e. The minimum absolute atomic E-state index is 0.233. The number of benzene rings is 1. The number of nitrogens with one attached hydrogen (secondary N) is 2. The molecule has 3 aromatic rings. The number of hydrogen-bond donors (Lipinski definition) is 2. The summed E-state index contributed by atoms with van der Waals surface area (Å²) in [6.45, 7) is 3.80. The number of aryl methyl sites for hydroxylation is 2. The van der Waals surface area contributed by atoms with Gasteiger partial charge in [0.1, 0.15) is 12.1 Å². The van der Waals surface area contributed by atoms with Crippen LogP contribution in [0.5, 0.6) is 0 Å². The van der Waals surface area contributed by atoms with Crippen molar-refractivity contribution in [3.05, 3.63) is 53.2 Å². The lowest BCUT2D eigenvalue weighted by Gasteiger charge is -2.08. The van der Waals surface area contributed by atoms with E-state index < -0.39 is 0 Å². The van der Waals surface area contributed by atoms with Gasteiger partial charge in [0.05, 0.1) is 11.3 Å². The van der Waals surface area contributed by atoms with Crippen molar-refractivity contribution in [3.8, 4) is 0 Å². The van der Waals surface area contributed by atoms with Gasteiger partial charge in [0.25, 0.3) is 5.91 Å². The van der Waals surface area contributed by atoms with Crippen LogP contribution in [0, 0.1) is 13.8 Å². The molecule has 2 aromatic heterocycles. The number of carbonyl (C=O) groups excluding carboxylic acids is 1. The van der Waals surface area contributed by atoms with Gasteiger partial charge in [-0.05, 0) is 26.0 Å². The first-order valence-corrected chi connectivity index (χ1v) is 7.94. The standard InChI is InChI=1S/C15H15N5O2S/c1-9-12(10(2)22-20-9)7-23-13-6-4-3-5-11(13)14(21)18-15-16-8-17-19-15/h3-6,8H,7H2,1-2H3,(H2,16,17,18,19,21). The first-order chi connectivity index (χ1) is 11.1. The van der Waals surface area contributed by atoms with Gasteiger partial charge in [-0.3, -0.25) is 10.1 Å². The summed E-state index contributed by atoms with van der Waals surface area (Å²) in [5, 5.41) is 12.9. The van der Waals surface area contributed by atoms with Crippen molar-refractivity contribution in [2.24, 2.45) is 0 Å². The highest BCUT2D eigenvalue weighted by Gasteiger charge is 2.15. The van der Waals surface area contributed by atoms with Crippen molar-refractivity contribution in [1.29, 1.82) is 0 Å². The number of carbonyl (C=O) groups is 1.